The maximum absolute atomic E-state index is 11.1. The minimum absolute atomic E-state index is 0. The molecule has 0 bridgehead atoms. The van der Waals surface area contributed by atoms with Crippen molar-refractivity contribution in [3.63, 3.8) is 0 Å². The van der Waals surface area contributed by atoms with Crippen molar-refractivity contribution >= 4 is 23.9 Å². The van der Waals surface area contributed by atoms with E-state index in [1.165, 1.54) is 0 Å². The molecule has 1 aromatic carbocycles. The summed E-state index contributed by atoms with van der Waals surface area (Å²) in [7, 11) is 0. The highest BCUT2D eigenvalue weighted by molar-refractivity contribution is 5.96. The SMILES string of the molecule is C=C(c1ccccn1)c1ccccc1C(=O)O.Cl. The molecule has 0 aliphatic carbocycles. The van der Waals surface area contributed by atoms with Crippen molar-refractivity contribution in [1.82, 2.24) is 4.98 Å². The van der Waals surface area contributed by atoms with Gasteiger partial charge in [-0.1, -0.05) is 30.8 Å². The van der Waals surface area contributed by atoms with Crippen molar-refractivity contribution in [3.8, 4) is 0 Å². The van der Waals surface area contributed by atoms with E-state index in [2.05, 4.69) is 11.6 Å². The van der Waals surface area contributed by atoms with Crippen LogP contribution >= 0.6 is 12.4 Å². The molecule has 0 saturated heterocycles. The molecule has 1 N–H and O–H groups in total. The van der Waals surface area contributed by atoms with Gasteiger partial charge in [-0.3, -0.25) is 4.98 Å². The van der Waals surface area contributed by atoms with Crippen molar-refractivity contribution in [1.29, 1.82) is 0 Å². The third-order valence-electron chi connectivity index (χ3n) is 2.46. The molecule has 0 saturated carbocycles. The number of pyridine rings is 1. The number of carbonyl (C=O) groups is 1. The summed E-state index contributed by atoms with van der Waals surface area (Å²) in [6, 6.07) is 12.2. The quantitative estimate of drug-likeness (QED) is 0.923. The van der Waals surface area contributed by atoms with Crippen molar-refractivity contribution in [2.24, 2.45) is 0 Å². The molecule has 92 valence electrons. The number of halogens is 1. The van der Waals surface area contributed by atoms with Gasteiger partial charge in [0.15, 0.2) is 0 Å². The Morgan fingerprint density at radius 3 is 2.22 bits per heavy atom. The summed E-state index contributed by atoms with van der Waals surface area (Å²) >= 11 is 0. The standard InChI is InChI=1S/C14H11NO2.ClH/c1-10(13-8-4-5-9-15-13)11-6-2-3-7-12(11)14(16)17;/h2-9H,1H2,(H,16,17);1H. The summed E-state index contributed by atoms with van der Waals surface area (Å²) < 4.78 is 0. The maximum Gasteiger partial charge on any atom is 0.336 e. The summed E-state index contributed by atoms with van der Waals surface area (Å²) in [6.45, 7) is 3.91. The van der Waals surface area contributed by atoms with Gasteiger partial charge in [0.25, 0.3) is 0 Å². The van der Waals surface area contributed by atoms with E-state index in [9.17, 15) is 4.79 Å². The van der Waals surface area contributed by atoms with E-state index < -0.39 is 5.97 Å². The monoisotopic (exact) mass is 261 g/mol. The largest absolute Gasteiger partial charge is 0.478 e. The van der Waals surface area contributed by atoms with Gasteiger partial charge in [-0.25, -0.2) is 4.79 Å². The Labute approximate surface area is 111 Å². The Balaban J connectivity index is 0.00000162. The summed E-state index contributed by atoms with van der Waals surface area (Å²) in [5.74, 6) is -0.960. The molecule has 0 aliphatic heterocycles. The highest BCUT2D eigenvalue weighted by Crippen LogP contribution is 2.22. The predicted molar refractivity (Wildman–Crippen MR) is 73.0 cm³/mol. The number of hydrogen-bond donors (Lipinski definition) is 1. The fraction of sp³-hybridized carbons (Fsp3) is 0. The van der Waals surface area contributed by atoms with E-state index in [0.29, 0.717) is 16.8 Å². The smallest absolute Gasteiger partial charge is 0.336 e. The molecule has 0 fully saturated rings. The fourth-order valence-electron chi connectivity index (χ4n) is 1.61. The van der Waals surface area contributed by atoms with Crippen LogP contribution in [0.3, 0.4) is 0 Å². The van der Waals surface area contributed by atoms with Gasteiger partial charge in [0.05, 0.1) is 11.3 Å². The van der Waals surface area contributed by atoms with Crippen LogP contribution in [0.2, 0.25) is 0 Å². The third kappa shape index (κ3) is 2.76. The number of aromatic carboxylic acids is 1. The lowest BCUT2D eigenvalue weighted by atomic mass is 9.98. The number of carboxylic acid groups (broad SMARTS) is 1. The minimum Gasteiger partial charge on any atom is -0.478 e. The van der Waals surface area contributed by atoms with Gasteiger partial charge in [0, 0.05) is 11.8 Å². The summed E-state index contributed by atoms with van der Waals surface area (Å²) in [5, 5.41) is 9.10. The van der Waals surface area contributed by atoms with Gasteiger partial charge in [0.2, 0.25) is 0 Å². The van der Waals surface area contributed by atoms with Gasteiger partial charge in [0.1, 0.15) is 0 Å². The lowest BCUT2D eigenvalue weighted by molar-refractivity contribution is 0.0696. The van der Waals surface area contributed by atoms with Crippen molar-refractivity contribution in [3.05, 3.63) is 72.1 Å². The molecule has 0 atom stereocenters. The number of aromatic nitrogens is 1. The zero-order chi connectivity index (χ0) is 12.3. The average Bonchev–Trinajstić information content (AvgIpc) is 2.39. The molecule has 0 aliphatic rings. The van der Waals surface area contributed by atoms with Crippen molar-refractivity contribution in [2.75, 3.05) is 0 Å². The second-order valence-electron chi connectivity index (χ2n) is 3.54. The molecule has 0 unspecified atom stereocenters. The normalized spacial score (nSPS) is 9.33. The minimum atomic E-state index is -0.960. The van der Waals surface area contributed by atoms with Gasteiger partial charge in [-0.05, 0) is 23.8 Å². The maximum atomic E-state index is 11.1. The molecule has 0 amide bonds. The summed E-state index contributed by atoms with van der Waals surface area (Å²) in [5.41, 5.74) is 2.13. The molecular weight excluding hydrogens is 250 g/mol. The summed E-state index contributed by atoms with van der Waals surface area (Å²) in [6.07, 6.45) is 1.66. The Morgan fingerprint density at radius 2 is 1.67 bits per heavy atom. The van der Waals surface area contributed by atoms with E-state index in [1.807, 2.05) is 6.07 Å². The number of nitrogens with zero attached hydrogens (tertiary/aromatic N) is 1. The second kappa shape index (κ2) is 5.98. The molecule has 3 nitrogen and oxygen atoms in total. The summed E-state index contributed by atoms with van der Waals surface area (Å²) in [4.78, 5) is 15.3. The van der Waals surface area contributed by atoms with Crippen LogP contribution in [0.1, 0.15) is 21.6 Å². The van der Waals surface area contributed by atoms with Crippen LogP contribution in [-0.2, 0) is 0 Å². The predicted octanol–water partition coefficient (Wildman–Crippen LogP) is 3.26. The van der Waals surface area contributed by atoms with Gasteiger partial charge >= 0.3 is 5.97 Å². The van der Waals surface area contributed by atoms with Crippen LogP contribution < -0.4 is 0 Å². The van der Waals surface area contributed by atoms with E-state index in [4.69, 9.17) is 5.11 Å². The van der Waals surface area contributed by atoms with Crippen LogP contribution in [0.4, 0.5) is 0 Å². The molecule has 2 aromatic rings. The molecule has 1 aromatic heterocycles. The first kappa shape index (κ1) is 13.9. The molecule has 18 heavy (non-hydrogen) atoms. The average molecular weight is 262 g/mol. The number of carboxylic acids is 1. The van der Waals surface area contributed by atoms with Crippen LogP contribution in [-0.4, -0.2) is 16.1 Å². The zero-order valence-electron chi connectivity index (χ0n) is 9.54. The second-order valence-corrected chi connectivity index (χ2v) is 3.54. The number of rotatable bonds is 3. The highest BCUT2D eigenvalue weighted by Gasteiger charge is 2.12. The molecule has 0 radical (unpaired) electrons. The first-order valence-electron chi connectivity index (χ1n) is 5.13. The Hall–Kier alpha value is -2.13. The van der Waals surface area contributed by atoms with E-state index in [-0.39, 0.29) is 18.0 Å². The van der Waals surface area contributed by atoms with E-state index >= 15 is 0 Å². The first-order valence-corrected chi connectivity index (χ1v) is 5.13. The van der Waals surface area contributed by atoms with Gasteiger partial charge in [-0.2, -0.15) is 0 Å². The van der Waals surface area contributed by atoms with Crippen molar-refractivity contribution < 1.29 is 9.90 Å². The van der Waals surface area contributed by atoms with E-state index in [0.717, 1.165) is 0 Å². The Bertz CT molecular complexity index is 567. The lowest BCUT2D eigenvalue weighted by Crippen LogP contribution is -2.02. The number of benzene rings is 1. The van der Waals surface area contributed by atoms with Crippen LogP contribution in [0, 0.1) is 0 Å². The van der Waals surface area contributed by atoms with Gasteiger partial charge in [-0.15, -0.1) is 12.4 Å². The van der Waals surface area contributed by atoms with Gasteiger partial charge < -0.3 is 5.11 Å². The molecular formula is C14H12ClNO2. The first-order chi connectivity index (χ1) is 8.20. The van der Waals surface area contributed by atoms with Crippen molar-refractivity contribution in [2.45, 2.75) is 0 Å². The van der Waals surface area contributed by atoms with E-state index in [1.54, 1.807) is 42.6 Å². The van der Waals surface area contributed by atoms with Crippen LogP contribution in [0.25, 0.3) is 5.57 Å². The topological polar surface area (TPSA) is 50.2 Å². The highest BCUT2D eigenvalue weighted by atomic mass is 35.5. The molecule has 1 heterocycles. The van der Waals surface area contributed by atoms with Crippen LogP contribution in [0.15, 0.2) is 55.2 Å². The third-order valence-corrected chi connectivity index (χ3v) is 2.46. The Morgan fingerprint density at radius 1 is 1.06 bits per heavy atom. The molecule has 0 spiro atoms. The molecule has 4 heteroatoms. The Kier molecular flexibility index (Phi) is 4.63. The lowest BCUT2D eigenvalue weighted by Gasteiger charge is -2.08. The zero-order valence-corrected chi connectivity index (χ0v) is 10.4. The molecule has 2 rings (SSSR count). The number of hydrogen-bond acceptors (Lipinski definition) is 2. The fourth-order valence-corrected chi connectivity index (χ4v) is 1.61. The van der Waals surface area contributed by atoms with Crippen LogP contribution in [0.5, 0.6) is 0 Å².